The molecule has 0 bridgehead atoms. The molecule has 4 aromatic carbocycles. The highest BCUT2D eigenvalue weighted by molar-refractivity contribution is 5.76. The highest BCUT2D eigenvalue weighted by Gasteiger charge is 2.18. The van der Waals surface area contributed by atoms with Crippen molar-refractivity contribution in [2.45, 2.75) is 12.8 Å². The van der Waals surface area contributed by atoms with Gasteiger partial charge in [-0.2, -0.15) is 0 Å². The van der Waals surface area contributed by atoms with Gasteiger partial charge < -0.3 is 10.2 Å². The highest BCUT2D eigenvalue weighted by Crippen LogP contribution is 2.36. The fraction of sp³-hybridized carbons (Fsp3) is 0.0714. The predicted molar refractivity (Wildman–Crippen MR) is 127 cm³/mol. The van der Waals surface area contributed by atoms with Crippen LogP contribution in [0.1, 0.15) is 17.5 Å². The van der Waals surface area contributed by atoms with Gasteiger partial charge in [-0.25, -0.2) is 0 Å². The molecule has 0 unspecified atom stereocenters. The molecule has 0 radical (unpaired) electrons. The molecular weight excluding hydrogens is 364 g/mol. The normalized spacial score (nSPS) is 12.6. The second kappa shape index (κ2) is 8.30. The number of nitrogens with zero attached hydrogens (tertiary/aromatic N) is 1. The first-order chi connectivity index (χ1) is 14.9. The number of nitrogens with one attached hydrogen (secondary N) is 1. The fourth-order valence-corrected chi connectivity index (χ4v) is 4.03. The van der Waals surface area contributed by atoms with Gasteiger partial charge in [0.1, 0.15) is 0 Å². The second-order valence-corrected chi connectivity index (χ2v) is 7.54. The maximum atomic E-state index is 3.47. The second-order valence-electron chi connectivity index (χ2n) is 7.54. The van der Waals surface area contributed by atoms with E-state index in [1.807, 2.05) is 18.2 Å². The van der Waals surface area contributed by atoms with E-state index in [2.05, 4.69) is 107 Å². The molecule has 30 heavy (non-hydrogen) atoms. The largest absolute Gasteiger partial charge is 0.356 e. The van der Waals surface area contributed by atoms with Crippen LogP contribution < -0.4 is 10.2 Å². The van der Waals surface area contributed by atoms with Gasteiger partial charge in [-0.1, -0.05) is 60.7 Å². The average molecular weight is 389 g/mol. The zero-order chi connectivity index (χ0) is 20.2. The zero-order valence-corrected chi connectivity index (χ0v) is 16.8. The molecule has 146 valence electrons. The molecule has 1 N–H and O–H groups in total. The van der Waals surface area contributed by atoms with Crippen LogP contribution in [0.2, 0.25) is 0 Å². The van der Waals surface area contributed by atoms with Crippen molar-refractivity contribution in [1.29, 1.82) is 0 Å². The Morgan fingerprint density at radius 2 is 1.13 bits per heavy atom. The zero-order valence-electron chi connectivity index (χ0n) is 16.8. The third kappa shape index (κ3) is 3.85. The molecule has 5 rings (SSSR count). The maximum Gasteiger partial charge on any atom is 0.0459 e. The number of fused-ring (bicyclic) bond motifs is 1. The summed E-state index contributed by atoms with van der Waals surface area (Å²) in [6.45, 7) is 0. The minimum Gasteiger partial charge on any atom is -0.356 e. The first-order valence-corrected chi connectivity index (χ1v) is 10.4. The number of allylic oxidation sites excluding steroid dienone is 1. The Morgan fingerprint density at radius 3 is 1.90 bits per heavy atom. The molecular formula is C28H24N2. The van der Waals surface area contributed by atoms with Crippen LogP contribution in [0, 0.1) is 0 Å². The van der Waals surface area contributed by atoms with Crippen LogP contribution in [-0.4, -0.2) is 0 Å². The lowest BCUT2D eigenvalue weighted by Gasteiger charge is -2.30. The molecule has 0 aliphatic heterocycles. The van der Waals surface area contributed by atoms with Crippen molar-refractivity contribution in [2.24, 2.45) is 0 Å². The SMILES string of the molecule is C1=C(N(c2ccccc2)c2ccc(Nc3ccccc3)cc2)CCc2ccccc21. The summed E-state index contributed by atoms with van der Waals surface area (Å²) in [5, 5.41) is 3.47. The monoisotopic (exact) mass is 388 g/mol. The predicted octanol–water partition coefficient (Wildman–Crippen LogP) is 7.56. The molecule has 0 atom stereocenters. The van der Waals surface area contributed by atoms with Gasteiger partial charge in [0.2, 0.25) is 0 Å². The summed E-state index contributed by atoms with van der Waals surface area (Å²) in [6.07, 6.45) is 4.43. The van der Waals surface area contributed by atoms with Crippen LogP contribution in [0.4, 0.5) is 22.7 Å². The molecule has 4 aromatic rings. The quantitative estimate of drug-likeness (QED) is 0.379. The van der Waals surface area contributed by atoms with Crippen LogP contribution >= 0.6 is 0 Å². The minimum atomic E-state index is 1.02. The van der Waals surface area contributed by atoms with Crippen molar-refractivity contribution in [2.75, 3.05) is 10.2 Å². The number of hydrogen-bond donors (Lipinski definition) is 1. The van der Waals surface area contributed by atoms with Crippen molar-refractivity contribution in [3.63, 3.8) is 0 Å². The van der Waals surface area contributed by atoms with E-state index in [9.17, 15) is 0 Å². The summed E-state index contributed by atoms with van der Waals surface area (Å²) in [4.78, 5) is 2.38. The molecule has 0 amide bonds. The molecule has 0 aromatic heterocycles. The molecule has 1 aliphatic rings. The number of para-hydroxylation sites is 2. The summed E-state index contributed by atoms with van der Waals surface area (Å²) in [5.41, 5.74) is 8.61. The number of anilines is 4. The van der Waals surface area contributed by atoms with Crippen LogP contribution in [0.5, 0.6) is 0 Å². The Morgan fingerprint density at radius 1 is 0.533 bits per heavy atom. The smallest absolute Gasteiger partial charge is 0.0459 e. The van der Waals surface area contributed by atoms with E-state index in [0.29, 0.717) is 0 Å². The van der Waals surface area contributed by atoms with Gasteiger partial charge in [-0.15, -0.1) is 0 Å². The third-order valence-electron chi connectivity index (χ3n) is 5.52. The first-order valence-electron chi connectivity index (χ1n) is 10.4. The van der Waals surface area contributed by atoms with Gasteiger partial charge >= 0.3 is 0 Å². The van der Waals surface area contributed by atoms with Gasteiger partial charge in [0.25, 0.3) is 0 Å². The van der Waals surface area contributed by atoms with Gasteiger partial charge in [-0.05, 0) is 78.6 Å². The van der Waals surface area contributed by atoms with Crippen LogP contribution in [-0.2, 0) is 6.42 Å². The molecule has 0 heterocycles. The highest BCUT2D eigenvalue weighted by atomic mass is 15.1. The van der Waals surface area contributed by atoms with Gasteiger partial charge in [0.05, 0.1) is 0 Å². The topological polar surface area (TPSA) is 15.3 Å². The van der Waals surface area contributed by atoms with Gasteiger partial charge in [0.15, 0.2) is 0 Å². The molecule has 0 saturated heterocycles. The molecule has 2 nitrogen and oxygen atoms in total. The van der Waals surface area contributed by atoms with Crippen molar-refractivity contribution in [1.82, 2.24) is 0 Å². The third-order valence-corrected chi connectivity index (χ3v) is 5.52. The van der Waals surface area contributed by atoms with E-state index >= 15 is 0 Å². The van der Waals surface area contributed by atoms with Gasteiger partial charge in [-0.3, -0.25) is 0 Å². The number of benzene rings is 4. The van der Waals surface area contributed by atoms with E-state index in [1.165, 1.54) is 28.2 Å². The Bertz CT molecular complexity index is 1150. The lowest BCUT2D eigenvalue weighted by atomic mass is 9.94. The number of aryl methyl sites for hydroxylation is 1. The first kappa shape index (κ1) is 18.3. The molecule has 0 spiro atoms. The maximum absolute atomic E-state index is 3.47. The molecule has 1 aliphatic carbocycles. The van der Waals surface area contributed by atoms with Crippen molar-refractivity contribution >= 4 is 28.8 Å². The Balaban J connectivity index is 1.50. The number of rotatable bonds is 5. The molecule has 0 saturated carbocycles. The summed E-state index contributed by atoms with van der Waals surface area (Å²) in [6, 6.07) is 38.3. The lowest BCUT2D eigenvalue weighted by molar-refractivity contribution is 0.894. The van der Waals surface area contributed by atoms with E-state index in [1.54, 1.807) is 0 Å². The fourth-order valence-electron chi connectivity index (χ4n) is 4.03. The van der Waals surface area contributed by atoms with Crippen molar-refractivity contribution in [3.8, 4) is 0 Å². The van der Waals surface area contributed by atoms with Crippen LogP contribution in [0.25, 0.3) is 6.08 Å². The summed E-state index contributed by atoms with van der Waals surface area (Å²) in [7, 11) is 0. The Hall–Kier alpha value is -3.78. The van der Waals surface area contributed by atoms with Crippen LogP contribution in [0.3, 0.4) is 0 Å². The standard InChI is InChI=1S/C28H24N2/c1-3-11-24(12-4-1)29-25-16-19-27(20-17-25)30(26-13-5-2-6-14-26)28-18-15-22-9-7-8-10-23(22)21-28/h1-14,16-17,19-21,29H,15,18H2. The summed E-state index contributed by atoms with van der Waals surface area (Å²) in [5.74, 6) is 0. The minimum absolute atomic E-state index is 1.02. The average Bonchev–Trinajstić information content (AvgIpc) is 2.82. The number of hydrogen-bond acceptors (Lipinski definition) is 2. The lowest BCUT2D eigenvalue weighted by Crippen LogP contribution is -2.19. The summed E-state index contributed by atoms with van der Waals surface area (Å²) < 4.78 is 0. The Kier molecular flexibility index (Phi) is 5.05. The van der Waals surface area contributed by atoms with Crippen molar-refractivity contribution < 1.29 is 0 Å². The van der Waals surface area contributed by atoms with Crippen LogP contribution in [0.15, 0.2) is 115 Å². The molecule has 2 heteroatoms. The van der Waals surface area contributed by atoms with E-state index < -0.39 is 0 Å². The van der Waals surface area contributed by atoms with E-state index in [0.717, 1.165) is 24.2 Å². The van der Waals surface area contributed by atoms with Crippen molar-refractivity contribution in [3.05, 3.63) is 126 Å². The molecule has 0 fully saturated rings. The van der Waals surface area contributed by atoms with E-state index in [4.69, 9.17) is 0 Å². The summed E-state index contributed by atoms with van der Waals surface area (Å²) >= 11 is 0. The Labute approximate surface area is 178 Å². The van der Waals surface area contributed by atoms with Gasteiger partial charge in [0, 0.05) is 28.4 Å². The van der Waals surface area contributed by atoms with E-state index in [-0.39, 0.29) is 0 Å².